The molecule has 1 aromatic carbocycles. The van der Waals surface area contributed by atoms with Gasteiger partial charge in [-0.1, -0.05) is 18.5 Å². The minimum absolute atomic E-state index is 0.0999. The lowest BCUT2D eigenvalue weighted by molar-refractivity contribution is -0.138. The van der Waals surface area contributed by atoms with Crippen LogP contribution in [-0.2, 0) is 6.18 Å². The number of piperazine rings is 1. The zero-order chi connectivity index (χ0) is 32.0. The minimum atomic E-state index is -4.74. The highest BCUT2D eigenvalue weighted by molar-refractivity contribution is 6.30. The van der Waals surface area contributed by atoms with Crippen molar-refractivity contribution in [2.75, 3.05) is 58.3 Å². The Kier molecular flexibility index (Phi) is 10.7. The van der Waals surface area contributed by atoms with Crippen LogP contribution in [0.1, 0.15) is 46.7 Å². The summed E-state index contributed by atoms with van der Waals surface area (Å²) in [7, 11) is 3.81. The molecule has 236 valence electrons. The Morgan fingerprint density at radius 1 is 1.14 bits per heavy atom. The molecule has 0 saturated carbocycles. The normalized spacial score (nSPS) is 15.4. The highest BCUT2D eigenvalue weighted by Crippen LogP contribution is 2.36. The molecule has 0 aliphatic carbocycles. The molecule has 1 aliphatic heterocycles. The number of anilines is 1. The van der Waals surface area contributed by atoms with E-state index in [-0.39, 0.29) is 42.3 Å². The molecule has 2 aromatic heterocycles. The van der Waals surface area contributed by atoms with E-state index in [0.29, 0.717) is 48.9 Å². The van der Waals surface area contributed by atoms with E-state index in [1.807, 2.05) is 49.9 Å². The number of amides is 2. The molecule has 1 aliphatic rings. The largest absolute Gasteiger partial charge is 0.477 e. The molecule has 3 aromatic rings. The number of ether oxygens (including phenoxy) is 1. The first kappa shape index (κ1) is 33.0. The number of carbonyl (C=O) groups excluding carboxylic acids is 2. The molecule has 0 bridgehead atoms. The third-order valence-electron chi connectivity index (χ3n) is 7.33. The molecule has 2 amide bonds. The lowest BCUT2D eigenvalue weighted by Crippen LogP contribution is -2.55. The monoisotopic (exact) mass is 632 g/mol. The van der Waals surface area contributed by atoms with Crippen molar-refractivity contribution in [3.05, 3.63) is 70.5 Å². The predicted octanol–water partition coefficient (Wildman–Crippen LogP) is 5.25. The van der Waals surface area contributed by atoms with Crippen LogP contribution in [0.5, 0.6) is 5.88 Å². The van der Waals surface area contributed by atoms with Crippen LogP contribution in [0, 0.1) is 0 Å². The number of alkyl halides is 3. The van der Waals surface area contributed by atoms with Crippen molar-refractivity contribution < 1.29 is 27.5 Å². The smallest absolute Gasteiger partial charge is 0.417 e. The van der Waals surface area contributed by atoms with E-state index >= 15 is 0 Å². The molecule has 4 rings (SSSR count). The number of pyridine rings is 2. The fraction of sp³-hybridized carbons (Fsp3) is 0.419. The summed E-state index contributed by atoms with van der Waals surface area (Å²) in [4.78, 5) is 41.4. The van der Waals surface area contributed by atoms with Gasteiger partial charge in [0.05, 0.1) is 34.7 Å². The van der Waals surface area contributed by atoms with Crippen molar-refractivity contribution in [2.24, 2.45) is 0 Å². The molecule has 0 radical (unpaired) electrons. The van der Waals surface area contributed by atoms with E-state index < -0.39 is 23.2 Å². The number of halogens is 4. The summed E-state index contributed by atoms with van der Waals surface area (Å²) < 4.78 is 47.0. The molecule has 1 N–H and O–H groups in total. The molecule has 0 spiro atoms. The number of rotatable bonds is 10. The Morgan fingerprint density at radius 2 is 1.91 bits per heavy atom. The first-order chi connectivity index (χ1) is 20.9. The molecule has 13 heteroatoms. The first-order valence-corrected chi connectivity index (χ1v) is 14.8. The van der Waals surface area contributed by atoms with Gasteiger partial charge in [0.15, 0.2) is 5.69 Å². The zero-order valence-electron chi connectivity index (χ0n) is 25.1. The molecular weight excluding hydrogens is 597 g/mol. The van der Waals surface area contributed by atoms with Gasteiger partial charge in [-0.25, -0.2) is 9.97 Å². The van der Waals surface area contributed by atoms with Crippen LogP contribution in [0.4, 0.5) is 18.9 Å². The van der Waals surface area contributed by atoms with Crippen LogP contribution < -0.4 is 15.0 Å². The van der Waals surface area contributed by atoms with E-state index in [4.69, 9.17) is 21.3 Å². The summed E-state index contributed by atoms with van der Waals surface area (Å²) >= 11 is 5.82. The standard InChI is InChI=1S/C31H36ClF3N6O3/c1-5-21-19-40(30(43)22-10-9-20(32)18-24(22)31(33,34)35)16-17-41(21)26-12-11-25(23-8-7-13-37-29(23)44-6-2)38-27(26)28(42)36-14-15-39(3)4/h7-13,18,21H,5-6,14-17,19H2,1-4H3,(H,36,42)/t21-/m1/s1. The zero-order valence-corrected chi connectivity index (χ0v) is 25.9. The van der Waals surface area contributed by atoms with Crippen LogP contribution >= 0.6 is 11.6 Å². The summed E-state index contributed by atoms with van der Waals surface area (Å²) in [6.45, 7) is 5.81. The van der Waals surface area contributed by atoms with E-state index in [9.17, 15) is 22.8 Å². The third-order valence-corrected chi connectivity index (χ3v) is 7.56. The fourth-order valence-corrected chi connectivity index (χ4v) is 5.30. The van der Waals surface area contributed by atoms with Crippen molar-refractivity contribution >= 4 is 29.1 Å². The summed E-state index contributed by atoms with van der Waals surface area (Å²) in [6, 6.07) is 10.1. The van der Waals surface area contributed by atoms with Gasteiger partial charge in [0.1, 0.15) is 0 Å². The summed E-state index contributed by atoms with van der Waals surface area (Å²) in [5.41, 5.74) is 0.395. The highest BCUT2D eigenvalue weighted by atomic mass is 35.5. The van der Waals surface area contributed by atoms with Crippen molar-refractivity contribution in [3.63, 3.8) is 0 Å². The molecule has 1 atom stereocenters. The van der Waals surface area contributed by atoms with Crippen LogP contribution in [0.3, 0.4) is 0 Å². The van der Waals surface area contributed by atoms with Gasteiger partial charge in [0.2, 0.25) is 5.88 Å². The maximum absolute atomic E-state index is 13.8. The Balaban J connectivity index is 1.67. The van der Waals surface area contributed by atoms with Crippen LogP contribution in [0.15, 0.2) is 48.7 Å². The summed E-state index contributed by atoms with van der Waals surface area (Å²) in [6.07, 6.45) is -2.55. The summed E-state index contributed by atoms with van der Waals surface area (Å²) in [5, 5.41) is 2.84. The second-order valence-electron chi connectivity index (χ2n) is 10.6. The van der Waals surface area contributed by atoms with Crippen LogP contribution in [-0.4, -0.2) is 91.0 Å². The van der Waals surface area contributed by atoms with Gasteiger partial charge in [0, 0.05) is 50.0 Å². The molecule has 44 heavy (non-hydrogen) atoms. The van der Waals surface area contributed by atoms with Crippen molar-refractivity contribution in [1.29, 1.82) is 0 Å². The number of hydrogen-bond acceptors (Lipinski definition) is 7. The molecule has 1 saturated heterocycles. The topological polar surface area (TPSA) is 90.9 Å². The van der Waals surface area contributed by atoms with Gasteiger partial charge in [-0.15, -0.1) is 0 Å². The molecule has 3 heterocycles. The number of nitrogens with zero attached hydrogens (tertiary/aromatic N) is 5. The SMILES string of the molecule is CCOc1ncccc1-c1ccc(N2CCN(C(=O)c3ccc(Cl)cc3C(F)(F)F)C[C@H]2CC)c(C(=O)NCCN(C)C)n1. The first-order valence-electron chi connectivity index (χ1n) is 14.4. The van der Waals surface area contributed by atoms with Gasteiger partial charge >= 0.3 is 6.18 Å². The van der Waals surface area contributed by atoms with Gasteiger partial charge in [0.25, 0.3) is 11.8 Å². The lowest BCUT2D eigenvalue weighted by Gasteiger charge is -2.43. The van der Waals surface area contributed by atoms with Crippen molar-refractivity contribution in [2.45, 2.75) is 32.5 Å². The minimum Gasteiger partial charge on any atom is -0.477 e. The van der Waals surface area contributed by atoms with E-state index in [2.05, 4.69) is 10.3 Å². The molecule has 1 fully saturated rings. The third kappa shape index (κ3) is 7.59. The summed E-state index contributed by atoms with van der Waals surface area (Å²) in [5.74, 6) is -0.689. The highest BCUT2D eigenvalue weighted by Gasteiger charge is 2.38. The average molecular weight is 633 g/mol. The molecule has 9 nitrogen and oxygen atoms in total. The Morgan fingerprint density at radius 3 is 2.59 bits per heavy atom. The number of aromatic nitrogens is 2. The Bertz CT molecular complexity index is 1490. The lowest BCUT2D eigenvalue weighted by atomic mass is 10.0. The van der Waals surface area contributed by atoms with Gasteiger partial charge in [-0.3, -0.25) is 9.59 Å². The number of hydrogen-bond donors (Lipinski definition) is 1. The van der Waals surface area contributed by atoms with Gasteiger partial charge in [-0.2, -0.15) is 13.2 Å². The maximum Gasteiger partial charge on any atom is 0.417 e. The average Bonchev–Trinajstić information content (AvgIpc) is 3.00. The number of carbonyl (C=O) groups is 2. The van der Waals surface area contributed by atoms with Crippen molar-refractivity contribution in [3.8, 4) is 17.1 Å². The van der Waals surface area contributed by atoms with E-state index in [1.54, 1.807) is 18.3 Å². The maximum atomic E-state index is 13.8. The molecular formula is C31H36ClF3N6O3. The van der Waals surface area contributed by atoms with E-state index in [0.717, 1.165) is 12.1 Å². The second kappa shape index (κ2) is 14.3. The Labute approximate surface area is 260 Å². The number of benzene rings is 1. The number of nitrogens with one attached hydrogen (secondary N) is 1. The van der Waals surface area contributed by atoms with Gasteiger partial charge < -0.3 is 24.8 Å². The quantitative estimate of drug-likeness (QED) is 0.327. The van der Waals surface area contributed by atoms with E-state index in [1.165, 1.54) is 11.0 Å². The Hall–Kier alpha value is -3.90. The fourth-order valence-electron chi connectivity index (χ4n) is 5.13. The van der Waals surface area contributed by atoms with Crippen LogP contribution in [0.2, 0.25) is 5.02 Å². The number of likely N-dealkylation sites (N-methyl/N-ethyl adjacent to an activating group) is 1. The van der Waals surface area contributed by atoms with Gasteiger partial charge in [-0.05, 0) is 69.9 Å². The molecule has 0 unspecified atom stereocenters. The second-order valence-corrected chi connectivity index (χ2v) is 11.0. The van der Waals surface area contributed by atoms with Crippen molar-refractivity contribution in [1.82, 2.24) is 25.1 Å². The predicted molar refractivity (Wildman–Crippen MR) is 163 cm³/mol. The van der Waals surface area contributed by atoms with Crippen LogP contribution in [0.25, 0.3) is 11.3 Å².